The van der Waals surface area contributed by atoms with Crippen LogP contribution in [-0.2, 0) is 10.2 Å². The quantitative estimate of drug-likeness (QED) is 0.624. The molecule has 0 atom stereocenters. The van der Waals surface area contributed by atoms with E-state index in [0.29, 0.717) is 43.7 Å². The first-order chi connectivity index (χ1) is 12.1. The topological polar surface area (TPSA) is 93.4 Å². The number of aromatic nitrogens is 3. The largest absolute Gasteiger partial charge is 0.419 e. The summed E-state index contributed by atoms with van der Waals surface area (Å²) in [7, 11) is 0. The monoisotopic (exact) mass is 341 g/mol. The van der Waals surface area contributed by atoms with Gasteiger partial charge < -0.3 is 19.4 Å². The smallest absolute Gasteiger partial charge is 0.317 e. The summed E-state index contributed by atoms with van der Waals surface area (Å²) < 4.78 is 10.9. The average molecular weight is 341 g/mol. The van der Waals surface area contributed by atoms with E-state index in [1.807, 2.05) is 25.1 Å². The summed E-state index contributed by atoms with van der Waals surface area (Å²) in [6.45, 7) is 4.05. The molecule has 1 aliphatic rings. The predicted molar refractivity (Wildman–Crippen MR) is 89.5 cm³/mol. The third-order valence-corrected chi connectivity index (χ3v) is 3.90. The highest BCUT2D eigenvalue weighted by Crippen LogP contribution is 2.34. The Labute approximate surface area is 145 Å². The molecule has 0 aliphatic carbocycles. The van der Waals surface area contributed by atoms with Crippen molar-refractivity contribution in [2.45, 2.75) is 12.3 Å². The Bertz CT molecular complexity index is 762. The molecule has 0 radical (unpaired) electrons. The van der Waals surface area contributed by atoms with E-state index in [4.69, 9.17) is 15.6 Å². The summed E-state index contributed by atoms with van der Waals surface area (Å²) in [5.41, 5.74) is 0.280. The van der Waals surface area contributed by atoms with Crippen molar-refractivity contribution in [2.24, 2.45) is 0 Å². The maximum atomic E-state index is 12.0. The fourth-order valence-electron chi connectivity index (χ4n) is 2.61. The molecule has 1 fully saturated rings. The van der Waals surface area contributed by atoms with Crippen molar-refractivity contribution >= 4 is 6.03 Å². The Kier molecular flexibility index (Phi) is 4.95. The Morgan fingerprint density at radius 1 is 1.48 bits per heavy atom. The van der Waals surface area contributed by atoms with Crippen LogP contribution in [0.3, 0.4) is 0 Å². The van der Waals surface area contributed by atoms with Gasteiger partial charge in [-0.1, -0.05) is 12.0 Å². The molecule has 1 aliphatic heterocycles. The zero-order valence-electron chi connectivity index (χ0n) is 13.9. The highest BCUT2D eigenvalue weighted by atomic mass is 16.5. The number of hydrogen-bond acceptors (Lipinski definition) is 6. The number of nitrogens with one attached hydrogen (secondary N) is 1. The molecule has 0 saturated carbocycles. The molecule has 0 spiro atoms. The number of nitrogens with zero attached hydrogens (tertiary/aromatic N) is 4. The van der Waals surface area contributed by atoms with E-state index in [-0.39, 0.29) is 18.1 Å². The second-order valence-corrected chi connectivity index (χ2v) is 6.03. The Hall–Kier alpha value is -2.92. The van der Waals surface area contributed by atoms with Crippen LogP contribution in [0.15, 0.2) is 28.8 Å². The number of likely N-dealkylation sites (tertiary alicyclic amines) is 1. The standard InChI is InChI=1S/C17H19N5O3/c1-3-9-24-10-8-19-16(23)22-11-17(2,12-22)15-21-20-14(25-15)13-6-4-5-7-18-13/h1,4-7H,8-12H2,2H3,(H,19,23). The fraction of sp³-hybridized carbons (Fsp3) is 0.412. The average Bonchev–Trinajstić information content (AvgIpc) is 3.10. The number of rotatable bonds is 6. The van der Waals surface area contributed by atoms with E-state index in [2.05, 4.69) is 26.4 Å². The van der Waals surface area contributed by atoms with Gasteiger partial charge in [0.25, 0.3) is 5.89 Å². The number of pyridine rings is 1. The minimum absolute atomic E-state index is 0.147. The van der Waals surface area contributed by atoms with Crippen molar-refractivity contribution < 1.29 is 13.9 Å². The highest BCUT2D eigenvalue weighted by Gasteiger charge is 2.46. The summed E-state index contributed by atoms with van der Waals surface area (Å²) in [5, 5.41) is 11.0. The van der Waals surface area contributed by atoms with Gasteiger partial charge in [-0.2, -0.15) is 0 Å². The van der Waals surface area contributed by atoms with Crippen LogP contribution < -0.4 is 5.32 Å². The van der Waals surface area contributed by atoms with Crippen LogP contribution in [0, 0.1) is 12.3 Å². The third-order valence-electron chi connectivity index (χ3n) is 3.90. The van der Waals surface area contributed by atoms with Crippen molar-refractivity contribution in [3.05, 3.63) is 30.3 Å². The molecule has 0 unspecified atom stereocenters. The molecule has 0 bridgehead atoms. The molecule has 3 heterocycles. The van der Waals surface area contributed by atoms with Gasteiger partial charge in [0.15, 0.2) is 0 Å². The lowest BCUT2D eigenvalue weighted by Gasteiger charge is -2.45. The molecular formula is C17H19N5O3. The van der Waals surface area contributed by atoms with Crippen LogP contribution in [0.4, 0.5) is 4.79 Å². The Morgan fingerprint density at radius 2 is 2.32 bits per heavy atom. The molecular weight excluding hydrogens is 322 g/mol. The number of ether oxygens (including phenoxy) is 1. The predicted octanol–water partition coefficient (Wildman–Crippen LogP) is 1.06. The minimum Gasteiger partial charge on any atom is -0.419 e. The SMILES string of the molecule is C#CCOCCNC(=O)N1CC(C)(c2nnc(-c3ccccn3)o2)C1. The van der Waals surface area contributed by atoms with Gasteiger partial charge in [0, 0.05) is 25.8 Å². The van der Waals surface area contributed by atoms with Gasteiger partial charge in [0.2, 0.25) is 5.89 Å². The van der Waals surface area contributed by atoms with Crippen molar-refractivity contribution in [2.75, 3.05) is 32.8 Å². The van der Waals surface area contributed by atoms with E-state index >= 15 is 0 Å². The third kappa shape index (κ3) is 3.78. The maximum Gasteiger partial charge on any atom is 0.317 e. The van der Waals surface area contributed by atoms with Gasteiger partial charge in [0.05, 0.1) is 12.0 Å². The molecule has 8 heteroatoms. The van der Waals surface area contributed by atoms with Crippen LogP contribution in [-0.4, -0.2) is 59.0 Å². The Balaban J connectivity index is 1.51. The number of urea groups is 1. The maximum absolute atomic E-state index is 12.0. The van der Waals surface area contributed by atoms with Gasteiger partial charge in [-0.05, 0) is 19.1 Å². The summed E-state index contributed by atoms with van der Waals surface area (Å²) in [6.07, 6.45) is 6.75. The van der Waals surface area contributed by atoms with Crippen molar-refractivity contribution in [3.63, 3.8) is 0 Å². The lowest BCUT2D eigenvalue weighted by Crippen LogP contribution is -2.62. The van der Waals surface area contributed by atoms with Crippen molar-refractivity contribution in [1.82, 2.24) is 25.4 Å². The van der Waals surface area contributed by atoms with Crippen LogP contribution in [0.5, 0.6) is 0 Å². The molecule has 2 amide bonds. The summed E-state index contributed by atoms with van der Waals surface area (Å²) in [4.78, 5) is 17.9. The van der Waals surface area contributed by atoms with Gasteiger partial charge in [-0.15, -0.1) is 16.6 Å². The van der Waals surface area contributed by atoms with E-state index in [1.54, 1.807) is 11.1 Å². The summed E-state index contributed by atoms with van der Waals surface area (Å²) >= 11 is 0. The van der Waals surface area contributed by atoms with Gasteiger partial charge in [-0.25, -0.2) is 4.79 Å². The van der Waals surface area contributed by atoms with E-state index in [9.17, 15) is 4.79 Å². The number of hydrogen-bond donors (Lipinski definition) is 1. The highest BCUT2D eigenvalue weighted by molar-refractivity contribution is 5.75. The lowest BCUT2D eigenvalue weighted by atomic mass is 9.82. The molecule has 0 aromatic carbocycles. The van der Waals surface area contributed by atoms with Crippen molar-refractivity contribution in [3.8, 4) is 23.9 Å². The Morgan fingerprint density at radius 3 is 3.04 bits per heavy atom. The zero-order chi connectivity index (χ0) is 17.7. The van der Waals surface area contributed by atoms with Gasteiger partial charge in [0.1, 0.15) is 12.3 Å². The second-order valence-electron chi connectivity index (χ2n) is 6.03. The summed E-state index contributed by atoms with van der Waals surface area (Å²) in [6, 6.07) is 5.34. The van der Waals surface area contributed by atoms with E-state index in [1.165, 1.54) is 0 Å². The number of terminal acetylenes is 1. The fourth-order valence-corrected chi connectivity index (χ4v) is 2.61. The van der Waals surface area contributed by atoms with Crippen LogP contribution >= 0.6 is 0 Å². The van der Waals surface area contributed by atoms with Gasteiger partial charge >= 0.3 is 6.03 Å². The lowest BCUT2D eigenvalue weighted by molar-refractivity contribution is 0.0829. The molecule has 2 aromatic rings. The number of carbonyl (C=O) groups excluding carboxylic acids is 1. The van der Waals surface area contributed by atoms with E-state index < -0.39 is 0 Å². The molecule has 25 heavy (non-hydrogen) atoms. The van der Waals surface area contributed by atoms with Crippen LogP contribution in [0.1, 0.15) is 12.8 Å². The molecule has 2 aromatic heterocycles. The van der Waals surface area contributed by atoms with E-state index in [0.717, 1.165) is 0 Å². The van der Waals surface area contributed by atoms with Crippen LogP contribution in [0.25, 0.3) is 11.6 Å². The van der Waals surface area contributed by atoms with Gasteiger partial charge in [-0.3, -0.25) is 4.98 Å². The molecule has 1 saturated heterocycles. The first-order valence-corrected chi connectivity index (χ1v) is 7.92. The molecule has 130 valence electrons. The van der Waals surface area contributed by atoms with Crippen molar-refractivity contribution in [1.29, 1.82) is 0 Å². The number of amides is 2. The zero-order valence-corrected chi connectivity index (χ0v) is 13.9. The summed E-state index contributed by atoms with van der Waals surface area (Å²) in [5.74, 6) is 3.26. The molecule has 3 rings (SSSR count). The number of carbonyl (C=O) groups is 1. The first-order valence-electron chi connectivity index (χ1n) is 7.92. The van der Waals surface area contributed by atoms with Crippen LogP contribution in [0.2, 0.25) is 0 Å². The minimum atomic E-state index is -0.350. The normalized spacial score (nSPS) is 15.3. The molecule has 8 nitrogen and oxygen atoms in total. The molecule has 1 N–H and O–H groups in total. The second kappa shape index (κ2) is 7.32. The first kappa shape index (κ1) is 16.9.